The molecule has 4 rings (SSSR count). The molecular formula is C22H24N4O4S2. The lowest BCUT2D eigenvalue weighted by molar-refractivity contribution is -0.139. The van der Waals surface area contributed by atoms with E-state index < -0.39 is 12.0 Å². The van der Waals surface area contributed by atoms with Gasteiger partial charge in [0.2, 0.25) is 0 Å². The molecule has 2 amide bonds. The van der Waals surface area contributed by atoms with Gasteiger partial charge in [0, 0.05) is 30.0 Å². The number of urea groups is 1. The van der Waals surface area contributed by atoms with E-state index in [0.717, 1.165) is 21.1 Å². The van der Waals surface area contributed by atoms with Crippen molar-refractivity contribution in [1.82, 2.24) is 20.2 Å². The maximum atomic E-state index is 12.9. The number of carbonyl (C=O) groups excluding carboxylic acids is 2. The molecule has 8 nitrogen and oxygen atoms in total. The van der Waals surface area contributed by atoms with Crippen molar-refractivity contribution in [3.63, 3.8) is 0 Å². The average molecular weight is 473 g/mol. The third-order valence-corrected chi connectivity index (χ3v) is 6.90. The first-order valence-electron chi connectivity index (χ1n) is 10.2. The summed E-state index contributed by atoms with van der Waals surface area (Å²) < 4.78 is 12.7. The Labute approximate surface area is 194 Å². The highest BCUT2D eigenvalue weighted by Gasteiger charge is 2.34. The Morgan fingerprint density at radius 3 is 2.88 bits per heavy atom. The summed E-state index contributed by atoms with van der Waals surface area (Å²) in [7, 11) is 1.66. The Morgan fingerprint density at radius 2 is 2.12 bits per heavy atom. The molecule has 1 atom stereocenters. The number of benzene rings is 1. The van der Waals surface area contributed by atoms with Crippen molar-refractivity contribution in [3.05, 3.63) is 57.9 Å². The van der Waals surface area contributed by atoms with Crippen LogP contribution in [0, 0.1) is 0 Å². The first-order chi connectivity index (χ1) is 15.6. The van der Waals surface area contributed by atoms with Gasteiger partial charge < -0.3 is 24.7 Å². The van der Waals surface area contributed by atoms with Crippen LogP contribution in [0.15, 0.2) is 58.2 Å². The van der Waals surface area contributed by atoms with E-state index in [4.69, 9.17) is 14.5 Å². The van der Waals surface area contributed by atoms with E-state index in [9.17, 15) is 9.59 Å². The van der Waals surface area contributed by atoms with Crippen LogP contribution in [0.5, 0.6) is 0 Å². The highest BCUT2D eigenvalue weighted by molar-refractivity contribution is 7.99. The second kappa shape index (κ2) is 10.2. The van der Waals surface area contributed by atoms with Crippen LogP contribution in [0.2, 0.25) is 0 Å². The zero-order chi connectivity index (χ0) is 22.5. The van der Waals surface area contributed by atoms with Crippen LogP contribution >= 0.6 is 23.1 Å². The van der Waals surface area contributed by atoms with Gasteiger partial charge in [-0.3, -0.25) is 0 Å². The number of hydrogen-bond donors (Lipinski definition) is 2. The fraction of sp³-hybridized carbons (Fsp3) is 0.318. The van der Waals surface area contributed by atoms with Crippen molar-refractivity contribution in [2.45, 2.75) is 24.7 Å². The molecule has 1 aliphatic rings. The summed E-state index contributed by atoms with van der Waals surface area (Å²) in [6.07, 6.45) is 0. The molecule has 0 radical (unpaired) electrons. The number of thiophene rings is 1. The van der Waals surface area contributed by atoms with Crippen LogP contribution in [-0.2, 0) is 20.8 Å². The number of nitrogens with zero attached hydrogens (tertiary/aromatic N) is 2. The summed E-state index contributed by atoms with van der Waals surface area (Å²) in [5, 5.41) is 8.37. The average Bonchev–Trinajstić information content (AvgIpc) is 3.44. The van der Waals surface area contributed by atoms with Crippen LogP contribution in [0.25, 0.3) is 11.0 Å². The lowest BCUT2D eigenvalue weighted by Gasteiger charge is -2.28. The molecule has 10 heteroatoms. The Kier molecular flexibility index (Phi) is 7.13. The van der Waals surface area contributed by atoms with Gasteiger partial charge >= 0.3 is 12.0 Å². The van der Waals surface area contributed by atoms with Gasteiger partial charge in [0.25, 0.3) is 0 Å². The lowest BCUT2D eigenvalue weighted by atomic mass is 10.0. The van der Waals surface area contributed by atoms with Gasteiger partial charge in [-0.15, -0.1) is 11.3 Å². The zero-order valence-corrected chi connectivity index (χ0v) is 19.4. The number of hydrogen-bond acceptors (Lipinski definition) is 7. The molecule has 32 heavy (non-hydrogen) atoms. The zero-order valence-electron chi connectivity index (χ0n) is 17.8. The molecule has 0 fully saturated rings. The molecule has 3 heterocycles. The Morgan fingerprint density at radius 1 is 1.28 bits per heavy atom. The minimum Gasteiger partial charge on any atom is -0.463 e. The Bertz CT molecular complexity index is 1140. The number of nitrogens with one attached hydrogen (secondary N) is 2. The fourth-order valence-corrected chi connectivity index (χ4v) is 5.34. The van der Waals surface area contributed by atoms with Gasteiger partial charge in [0.05, 0.1) is 35.9 Å². The summed E-state index contributed by atoms with van der Waals surface area (Å²) in [4.78, 5) is 30.9. The van der Waals surface area contributed by atoms with Crippen molar-refractivity contribution in [3.8, 4) is 0 Å². The third-order valence-electron chi connectivity index (χ3n) is 4.96. The van der Waals surface area contributed by atoms with Gasteiger partial charge in [-0.25, -0.2) is 14.6 Å². The molecule has 1 unspecified atom stereocenters. The molecule has 0 saturated carbocycles. The SMILES string of the molecule is CCOC(=O)C1=C(CSc2nc3ccccc3n2CCOC)NC(=O)NC1c1cccs1. The number of amides is 2. The molecule has 3 aromatic rings. The first kappa shape index (κ1) is 22.4. The van der Waals surface area contributed by atoms with Crippen molar-refractivity contribution in [1.29, 1.82) is 0 Å². The van der Waals surface area contributed by atoms with E-state index >= 15 is 0 Å². The second-order valence-electron chi connectivity index (χ2n) is 6.98. The largest absolute Gasteiger partial charge is 0.463 e. The number of carbonyl (C=O) groups is 2. The topological polar surface area (TPSA) is 94.5 Å². The number of para-hydroxylation sites is 2. The number of fused-ring (bicyclic) bond motifs is 1. The number of ether oxygens (including phenoxy) is 2. The highest BCUT2D eigenvalue weighted by Crippen LogP contribution is 2.33. The molecule has 1 aliphatic heterocycles. The molecule has 0 aliphatic carbocycles. The van der Waals surface area contributed by atoms with Crippen molar-refractivity contribution in [2.75, 3.05) is 26.1 Å². The summed E-state index contributed by atoms with van der Waals surface area (Å²) in [5.74, 6) is -0.0818. The van der Waals surface area contributed by atoms with E-state index in [1.54, 1.807) is 14.0 Å². The number of thioether (sulfide) groups is 1. The molecule has 0 spiro atoms. The number of aromatic nitrogens is 2. The molecule has 2 aromatic heterocycles. The predicted octanol–water partition coefficient (Wildman–Crippen LogP) is 3.71. The van der Waals surface area contributed by atoms with Crippen molar-refractivity contribution < 1.29 is 19.1 Å². The minimum atomic E-state index is -0.550. The number of imidazole rings is 1. The van der Waals surface area contributed by atoms with Gasteiger partial charge in [-0.2, -0.15) is 0 Å². The molecule has 1 aromatic carbocycles. The molecule has 168 valence electrons. The Hall–Kier alpha value is -2.82. The predicted molar refractivity (Wildman–Crippen MR) is 125 cm³/mol. The van der Waals surface area contributed by atoms with E-state index in [1.165, 1.54) is 23.1 Å². The Balaban J connectivity index is 1.68. The van der Waals surface area contributed by atoms with Gasteiger partial charge in [-0.05, 0) is 30.5 Å². The smallest absolute Gasteiger partial charge is 0.338 e. The second-order valence-corrected chi connectivity index (χ2v) is 8.90. The maximum Gasteiger partial charge on any atom is 0.338 e. The van der Waals surface area contributed by atoms with E-state index in [0.29, 0.717) is 30.2 Å². The van der Waals surface area contributed by atoms with Crippen LogP contribution < -0.4 is 10.6 Å². The number of esters is 1. The minimum absolute atomic E-state index is 0.251. The summed E-state index contributed by atoms with van der Waals surface area (Å²) in [6, 6.07) is 10.8. The lowest BCUT2D eigenvalue weighted by Crippen LogP contribution is -2.46. The molecular weight excluding hydrogens is 448 g/mol. The highest BCUT2D eigenvalue weighted by atomic mass is 32.2. The molecule has 2 N–H and O–H groups in total. The standard InChI is InChI=1S/C22H24N4O4S2/c1-3-30-20(27)18-15(23-21(28)25-19(18)17-9-6-12-31-17)13-32-22-24-14-7-4-5-8-16(14)26(22)10-11-29-2/h4-9,12,19H,3,10-11,13H2,1-2H3,(H2,23,25,28). The fourth-order valence-electron chi connectivity index (χ4n) is 3.55. The normalized spacial score (nSPS) is 16.2. The van der Waals surface area contributed by atoms with Crippen LogP contribution in [-0.4, -0.2) is 47.6 Å². The van der Waals surface area contributed by atoms with Crippen molar-refractivity contribution >= 4 is 46.1 Å². The van der Waals surface area contributed by atoms with Crippen LogP contribution in [0.4, 0.5) is 4.79 Å². The van der Waals surface area contributed by atoms with Crippen molar-refractivity contribution in [2.24, 2.45) is 0 Å². The third kappa shape index (κ3) is 4.67. The van der Waals surface area contributed by atoms with Crippen LogP contribution in [0.3, 0.4) is 0 Å². The maximum absolute atomic E-state index is 12.9. The summed E-state index contributed by atoms with van der Waals surface area (Å²) in [5.41, 5.74) is 2.84. The first-order valence-corrected chi connectivity index (χ1v) is 12.1. The molecule has 0 saturated heterocycles. The van der Waals surface area contributed by atoms with Gasteiger partial charge in [0.15, 0.2) is 5.16 Å². The van der Waals surface area contributed by atoms with E-state index in [2.05, 4.69) is 15.2 Å². The van der Waals surface area contributed by atoms with E-state index in [1.807, 2.05) is 41.8 Å². The van der Waals surface area contributed by atoms with Gasteiger partial charge in [0.1, 0.15) is 0 Å². The summed E-state index contributed by atoms with van der Waals surface area (Å²) in [6.45, 7) is 3.21. The van der Waals surface area contributed by atoms with E-state index in [-0.39, 0.29) is 12.6 Å². The number of rotatable bonds is 9. The number of methoxy groups -OCH3 is 1. The molecule has 0 bridgehead atoms. The monoisotopic (exact) mass is 472 g/mol. The van der Waals surface area contributed by atoms with Crippen LogP contribution in [0.1, 0.15) is 17.8 Å². The summed E-state index contributed by atoms with van der Waals surface area (Å²) >= 11 is 2.94. The quantitative estimate of drug-likeness (QED) is 0.364. The van der Waals surface area contributed by atoms with Gasteiger partial charge in [-0.1, -0.05) is 30.0 Å².